The molecule has 0 unspecified atom stereocenters. The molecule has 0 aliphatic heterocycles. The van der Waals surface area contributed by atoms with Gasteiger partial charge in [-0.05, 0) is 54.6 Å². The topological polar surface area (TPSA) is 64.4 Å². The number of hydrogen-bond donors (Lipinski definition) is 1. The maximum Gasteiger partial charge on any atom is 0.248 e. The van der Waals surface area contributed by atoms with E-state index in [1.807, 2.05) is 36.4 Å². The fraction of sp³-hybridized carbons (Fsp3) is 0.0435. The van der Waals surface area contributed by atoms with Gasteiger partial charge in [-0.15, -0.1) is 0 Å². The number of nitrogens with zero attached hydrogens (tertiary/aromatic N) is 1. The normalized spacial score (nSPS) is 11.2. The first-order chi connectivity index (χ1) is 14.5. The summed E-state index contributed by atoms with van der Waals surface area (Å²) in [5.41, 5.74) is 3.35. The molecule has 0 aliphatic carbocycles. The summed E-state index contributed by atoms with van der Waals surface area (Å²) in [5.74, 6) is 0.838. The highest BCUT2D eigenvalue weighted by Gasteiger charge is 2.12. The van der Waals surface area contributed by atoms with E-state index >= 15 is 0 Å². The summed E-state index contributed by atoms with van der Waals surface area (Å²) in [4.78, 5) is 16.9. The van der Waals surface area contributed by atoms with Gasteiger partial charge in [0.15, 0.2) is 5.58 Å². The molecular weight excluding hydrogens is 468 g/mol. The molecule has 1 heterocycles. The van der Waals surface area contributed by atoms with Crippen LogP contribution in [0, 0.1) is 0 Å². The second kappa shape index (κ2) is 8.73. The molecule has 0 fully saturated rings. The Labute approximate surface area is 186 Å². The van der Waals surface area contributed by atoms with Crippen LogP contribution in [0.15, 0.2) is 75.6 Å². The van der Waals surface area contributed by atoms with Crippen molar-refractivity contribution in [1.29, 1.82) is 0 Å². The van der Waals surface area contributed by atoms with Crippen LogP contribution in [-0.2, 0) is 4.79 Å². The lowest BCUT2D eigenvalue weighted by Gasteiger charge is -2.05. The third-order valence-electron chi connectivity index (χ3n) is 4.37. The lowest BCUT2D eigenvalue weighted by molar-refractivity contribution is -0.111. The van der Waals surface area contributed by atoms with Crippen LogP contribution < -0.4 is 10.1 Å². The van der Waals surface area contributed by atoms with Crippen molar-refractivity contribution in [3.05, 3.63) is 81.8 Å². The molecule has 0 aliphatic rings. The number of ether oxygens (including phenoxy) is 1. The molecule has 0 radical (unpaired) electrons. The largest absolute Gasteiger partial charge is 0.496 e. The summed E-state index contributed by atoms with van der Waals surface area (Å²) in [6.45, 7) is 0. The van der Waals surface area contributed by atoms with Crippen LogP contribution in [0.5, 0.6) is 5.75 Å². The smallest absolute Gasteiger partial charge is 0.248 e. The van der Waals surface area contributed by atoms with E-state index in [-0.39, 0.29) is 5.91 Å². The number of anilines is 1. The Bertz CT molecular complexity index is 1270. The van der Waals surface area contributed by atoms with Crippen LogP contribution in [0.4, 0.5) is 5.69 Å². The maximum absolute atomic E-state index is 12.4. The van der Waals surface area contributed by atoms with E-state index in [0.717, 1.165) is 10.0 Å². The molecule has 1 N–H and O–H groups in total. The van der Waals surface area contributed by atoms with Crippen molar-refractivity contribution in [3.8, 4) is 17.2 Å². The zero-order valence-electron chi connectivity index (χ0n) is 15.9. The van der Waals surface area contributed by atoms with Crippen molar-refractivity contribution in [3.63, 3.8) is 0 Å². The van der Waals surface area contributed by atoms with Gasteiger partial charge >= 0.3 is 0 Å². The van der Waals surface area contributed by atoms with Crippen molar-refractivity contribution >= 4 is 56.3 Å². The Hall–Kier alpha value is -3.09. The molecule has 7 heteroatoms. The number of rotatable bonds is 5. The van der Waals surface area contributed by atoms with Crippen LogP contribution >= 0.6 is 27.5 Å². The quantitative estimate of drug-likeness (QED) is 0.326. The van der Waals surface area contributed by atoms with E-state index in [2.05, 4.69) is 26.2 Å². The SMILES string of the molecule is COc1ccc(Br)cc1C=CC(=O)Nc1ccc2oc(-c3ccccc3Cl)nc2c1. The first kappa shape index (κ1) is 20.2. The highest BCUT2D eigenvalue weighted by molar-refractivity contribution is 9.10. The Morgan fingerprint density at radius 1 is 1.17 bits per heavy atom. The molecule has 4 aromatic rings. The molecule has 1 aromatic heterocycles. The first-order valence-electron chi connectivity index (χ1n) is 9.01. The van der Waals surface area contributed by atoms with Crippen molar-refractivity contribution in [2.24, 2.45) is 0 Å². The van der Waals surface area contributed by atoms with Gasteiger partial charge in [0.1, 0.15) is 11.3 Å². The molecule has 0 bridgehead atoms. The van der Waals surface area contributed by atoms with E-state index in [4.69, 9.17) is 20.8 Å². The van der Waals surface area contributed by atoms with Crippen LogP contribution in [0.3, 0.4) is 0 Å². The third-order valence-corrected chi connectivity index (χ3v) is 5.19. The number of methoxy groups -OCH3 is 1. The molecule has 0 spiro atoms. The summed E-state index contributed by atoms with van der Waals surface area (Å²) < 4.78 is 12.0. The number of fused-ring (bicyclic) bond motifs is 1. The van der Waals surface area contributed by atoms with Crippen molar-refractivity contribution in [2.75, 3.05) is 12.4 Å². The average molecular weight is 484 g/mol. The second-order valence-electron chi connectivity index (χ2n) is 6.39. The Morgan fingerprint density at radius 3 is 2.80 bits per heavy atom. The molecule has 3 aromatic carbocycles. The van der Waals surface area contributed by atoms with Crippen molar-refractivity contribution < 1.29 is 13.9 Å². The predicted molar refractivity (Wildman–Crippen MR) is 123 cm³/mol. The second-order valence-corrected chi connectivity index (χ2v) is 7.71. The maximum atomic E-state index is 12.4. The zero-order chi connectivity index (χ0) is 21.1. The highest BCUT2D eigenvalue weighted by atomic mass is 79.9. The van der Waals surface area contributed by atoms with Crippen LogP contribution in [0.2, 0.25) is 5.02 Å². The minimum atomic E-state index is -0.272. The lowest BCUT2D eigenvalue weighted by atomic mass is 10.2. The Morgan fingerprint density at radius 2 is 2.00 bits per heavy atom. The number of halogens is 2. The molecular formula is C23H16BrClN2O3. The summed E-state index contributed by atoms with van der Waals surface area (Å²) in [6.07, 6.45) is 3.15. The van der Waals surface area contributed by atoms with E-state index < -0.39 is 0 Å². The van der Waals surface area contributed by atoms with E-state index in [9.17, 15) is 4.79 Å². The minimum Gasteiger partial charge on any atom is -0.496 e. The van der Waals surface area contributed by atoms with Gasteiger partial charge in [0.2, 0.25) is 11.8 Å². The number of carbonyl (C=O) groups is 1. The number of nitrogens with one attached hydrogen (secondary N) is 1. The van der Waals surface area contributed by atoms with Gasteiger partial charge in [0, 0.05) is 21.8 Å². The summed E-state index contributed by atoms with van der Waals surface area (Å²) in [7, 11) is 1.59. The van der Waals surface area contributed by atoms with E-state index in [0.29, 0.717) is 39.0 Å². The Kier molecular flexibility index (Phi) is 5.88. The molecule has 4 rings (SSSR count). The Balaban J connectivity index is 1.53. The number of oxazole rings is 1. The average Bonchev–Trinajstić information content (AvgIpc) is 3.16. The predicted octanol–water partition coefficient (Wildman–Crippen LogP) is 6.57. The molecule has 1 amide bonds. The van der Waals surface area contributed by atoms with Crippen LogP contribution in [-0.4, -0.2) is 18.0 Å². The van der Waals surface area contributed by atoms with Crippen LogP contribution in [0.1, 0.15) is 5.56 Å². The molecule has 0 saturated heterocycles. The highest BCUT2D eigenvalue weighted by Crippen LogP contribution is 2.30. The lowest BCUT2D eigenvalue weighted by Crippen LogP contribution is -2.07. The number of benzene rings is 3. The number of aromatic nitrogens is 1. The minimum absolute atomic E-state index is 0.272. The number of carbonyl (C=O) groups excluding carboxylic acids is 1. The van der Waals surface area contributed by atoms with Gasteiger partial charge in [-0.1, -0.05) is 39.7 Å². The number of amides is 1. The zero-order valence-corrected chi connectivity index (χ0v) is 18.2. The van der Waals surface area contributed by atoms with E-state index in [1.54, 1.807) is 37.5 Å². The van der Waals surface area contributed by atoms with Gasteiger partial charge in [0.25, 0.3) is 0 Å². The van der Waals surface area contributed by atoms with Gasteiger partial charge < -0.3 is 14.5 Å². The molecule has 0 atom stereocenters. The van der Waals surface area contributed by atoms with Gasteiger partial charge in [-0.25, -0.2) is 4.98 Å². The standard InChI is InChI=1S/C23H16BrClN2O3/c1-29-20-9-7-15(24)12-14(20)6-11-22(28)26-16-8-10-21-19(13-16)27-23(30-21)17-4-2-3-5-18(17)25/h2-13H,1H3,(H,26,28). The fourth-order valence-corrected chi connectivity index (χ4v) is 3.54. The number of hydrogen-bond acceptors (Lipinski definition) is 4. The summed E-state index contributed by atoms with van der Waals surface area (Å²) >= 11 is 9.65. The fourth-order valence-electron chi connectivity index (χ4n) is 2.94. The third kappa shape index (κ3) is 4.40. The molecule has 5 nitrogen and oxygen atoms in total. The van der Waals surface area contributed by atoms with Gasteiger partial charge in [0.05, 0.1) is 17.7 Å². The monoisotopic (exact) mass is 482 g/mol. The first-order valence-corrected chi connectivity index (χ1v) is 10.2. The molecule has 150 valence electrons. The molecule has 0 saturated carbocycles. The van der Waals surface area contributed by atoms with E-state index in [1.165, 1.54) is 6.08 Å². The van der Waals surface area contributed by atoms with Crippen LogP contribution in [0.25, 0.3) is 28.6 Å². The van der Waals surface area contributed by atoms with Crippen molar-refractivity contribution in [1.82, 2.24) is 4.98 Å². The molecule has 30 heavy (non-hydrogen) atoms. The summed E-state index contributed by atoms with van der Waals surface area (Å²) in [5, 5.41) is 3.39. The van der Waals surface area contributed by atoms with Crippen molar-refractivity contribution in [2.45, 2.75) is 0 Å². The summed E-state index contributed by atoms with van der Waals surface area (Å²) in [6, 6.07) is 18.2. The van der Waals surface area contributed by atoms with Gasteiger partial charge in [-0.3, -0.25) is 4.79 Å². The van der Waals surface area contributed by atoms with Gasteiger partial charge in [-0.2, -0.15) is 0 Å².